The molecule has 3 rings (SSSR count). The fraction of sp³-hybridized carbons (Fsp3) is 0.278. The second-order valence-electron chi connectivity index (χ2n) is 5.45. The van der Waals surface area contributed by atoms with E-state index in [-0.39, 0.29) is 11.9 Å². The number of hydrogen-bond donors (Lipinski definition) is 1. The summed E-state index contributed by atoms with van der Waals surface area (Å²) in [5.41, 5.74) is 1.02. The minimum Gasteiger partial charge on any atom is -0.493 e. The maximum absolute atomic E-state index is 12.4. The van der Waals surface area contributed by atoms with Gasteiger partial charge in [0.1, 0.15) is 11.5 Å². The van der Waals surface area contributed by atoms with Crippen LogP contribution < -0.4 is 14.8 Å². The van der Waals surface area contributed by atoms with E-state index in [2.05, 4.69) is 21.2 Å². The van der Waals surface area contributed by atoms with Gasteiger partial charge in [-0.2, -0.15) is 0 Å². The van der Waals surface area contributed by atoms with Crippen molar-refractivity contribution >= 4 is 21.8 Å². The van der Waals surface area contributed by atoms with E-state index < -0.39 is 6.10 Å². The van der Waals surface area contributed by atoms with Crippen molar-refractivity contribution in [1.82, 2.24) is 5.32 Å². The molecule has 1 N–H and O–H groups in total. The predicted octanol–water partition coefficient (Wildman–Crippen LogP) is 3.86. The van der Waals surface area contributed by atoms with Crippen LogP contribution in [0.2, 0.25) is 0 Å². The highest BCUT2D eigenvalue weighted by atomic mass is 79.9. The van der Waals surface area contributed by atoms with Crippen LogP contribution in [0.4, 0.5) is 0 Å². The highest BCUT2D eigenvalue weighted by molar-refractivity contribution is 9.10. The minimum absolute atomic E-state index is 0.0385. The number of fused-ring (bicyclic) bond motifs is 1. The Morgan fingerprint density at radius 2 is 2.00 bits per heavy atom. The SMILES string of the molecule is C[C@H](Oc1ccc(Br)cc1)C(=O)N[C@@H]1CCOc2ccccc21. The molecule has 120 valence electrons. The van der Waals surface area contributed by atoms with E-state index in [0.29, 0.717) is 12.4 Å². The Morgan fingerprint density at radius 1 is 1.26 bits per heavy atom. The third-order valence-corrected chi connectivity index (χ3v) is 4.30. The van der Waals surface area contributed by atoms with Gasteiger partial charge in [-0.3, -0.25) is 4.79 Å². The zero-order valence-electron chi connectivity index (χ0n) is 12.8. The second-order valence-corrected chi connectivity index (χ2v) is 6.37. The molecule has 1 amide bonds. The maximum Gasteiger partial charge on any atom is 0.261 e. The molecule has 4 nitrogen and oxygen atoms in total. The number of hydrogen-bond acceptors (Lipinski definition) is 3. The first-order valence-electron chi connectivity index (χ1n) is 7.58. The van der Waals surface area contributed by atoms with Crippen LogP contribution >= 0.6 is 15.9 Å². The van der Waals surface area contributed by atoms with Gasteiger partial charge in [-0.25, -0.2) is 0 Å². The van der Waals surface area contributed by atoms with Crippen LogP contribution in [0.3, 0.4) is 0 Å². The van der Waals surface area contributed by atoms with E-state index in [4.69, 9.17) is 9.47 Å². The summed E-state index contributed by atoms with van der Waals surface area (Å²) in [6.07, 6.45) is 0.194. The number of ether oxygens (including phenoxy) is 2. The predicted molar refractivity (Wildman–Crippen MR) is 91.7 cm³/mol. The van der Waals surface area contributed by atoms with Crippen LogP contribution in [0.15, 0.2) is 53.0 Å². The molecule has 1 aliphatic heterocycles. The van der Waals surface area contributed by atoms with Crippen LogP contribution in [0, 0.1) is 0 Å². The Hall–Kier alpha value is -2.01. The summed E-state index contributed by atoms with van der Waals surface area (Å²) >= 11 is 3.38. The molecule has 1 aliphatic rings. The standard InChI is InChI=1S/C18H18BrNO3/c1-12(23-14-8-6-13(19)7-9-14)18(21)20-16-10-11-22-17-5-3-2-4-15(16)17/h2-9,12,16H,10-11H2,1H3,(H,20,21)/t12-,16+/m0/s1. The zero-order valence-corrected chi connectivity index (χ0v) is 14.4. The average molecular weight is 376 g/mol. The molecule has 1 heterocycles. The molecule has 2 atom stereocenters. The lowest BCUT2D eigenvalue weighted by molar-refractivity contribution is -0.128. The van der Waals surface area contributed by atoms with Gasteiger partial charge in [-0.15, -0.1) is 0 Å². The number of carbonyl (C=O) groups excluding carboxylic acids is 1. The second kappa shape index (κ2) is 7.04. The Morgan fingerprint density at radius 3 is 2.78 bits per heavy atom. The van der Waals surface area contributed by atoms with Crippen LogP contribution in [-0.2, 0) is 4.79 Å². The smallest absolute Gasteiger partial charge is 0.261 e. The molecule has 0 saturated carbocycles. The fourth-order valence-electron chi connectivity index (χ4n) is 2.55. The van der Waals surface area contributed by atoms with Crippen molar-refractivity contribution in [2.75, 3.05) is 6.61 Å². The third-order valence-electron chi connectivity index (χ3n) is 3.77. The molecule has 0 bridgehead atoms. The van der Waals surface area contributed by atoms with Gasteiger partial charge in [0, 0.05) is 16.5 Å². The quantitative estimate of drug-likeness (QED) is 0.882. The zero-order chi connectivity index (χ0) is 16.2. The first-order chi connectivity index (χ1) is 11.1. The van der Waals surface area contributed by atoms with Crippen molar-refractivity contribution in [3.05, 3.63) is 58.6 Å². The summed E-state index contributed by atoms with van der Waals surface area (Å²) in [5.74, 6) is 1.38. The molecule has 2 aromatic rings. The number of rotatable bonds is 4. The first kappa shape index (κ1) is 15.9. The average Bonchev–Trinajstić information content (AvgIpc) is 2.57. The van der Waals surface area contributed by atoms with Gasteiger partial charge in [0.15, 0.2) is 6.10 Å². The number of para-hydroxylation sites is 1. The number of amides is 1. The van der Waals surface area contributed by atoms with Gasteiger partial charge < -0.3 is 14.8 Å². The largest absolute Gasteiger partial charge is 0.493 e. The van der Waals surface area contributed by atoms with E-state index in [1.807, 2.05) is 48.5 Å². The van der Waals surface area contributed by atoms with Gasteiger partial charge >= 0.3 is 0 Å². The third kappa shape index (κ3) is 3.85. The highest BCUT2D eigenvalue weighted by Crippen LogP contribution is 2.31. The summed E-state index contributed by atoms with van der Waals surface area (Å²) < 4.78 is 12.3. The van der Waals surface area contributed by atoms with E-state index in [1.165, 1.54) is 0 Å². The lowest BCUT2D eigenvalue weighted by atomic mass is 10.0. The van der Waals surface area contributed by atoms with Crippen LogP contribution in [0.25, 0.3) is 0 Å². The van der Waals surface area contributed by atoms with Crippen LogP contribution in [0.1, 0.15) is 24.9 Å². The molecular formula is C18H18BrNO3. The van der Waals surface area contributed by atoms with Crippen LogP contribution in [-0.4, -0.2) is 18.6 Å². The lowest BCUT2D eigenvalue weighted by Crippen LogP contribution is -2.40. The van der Waals surface area contributed by atoms with Crippen molar-refractivity contribution in [3.8, 4) is 11.5 Å². The number of carbonyl (C=O) groups is 1. The fourth-order valence-corrected chi connectivity index (χ4v) is 2.82. The molecule has 0 fully saturated rings. The van der Waals surface area contributed by atoms with Gasteiger partial charge in [0.2, 0.25) is 0 Å². The van der Waals surface area contributed by atoms with Crippen LogP contribution in [0.5, 0.6) is 11.5 Å². The van der Waals surface area contributed by atoms with E-state index in [1.54, 1.807) is 6.92 Å². The van der Waals surface area contributed by atoms with Crippen molar-refractivity contribution < 1.29 is 14.3 Å². The Labute approximate surface area is 143 Å². The molecule has 2 aromatic carbocycles. The monoisotopic (exact) mass is 375 g/mol. The number of nitrogens with one attached hydrogen (secondary N) is 1. The minimum atomic E-state index is -0.564. The molecule has 0 radical (unpaired) electrons. The molecular weight excluding hydrogens is 358 g/mol. The molecule has 5 heteroatoms. The van der Waals surface area contributed by atoms with Crippen molar-refractivity contribution in [1.29, 1.82) is 0 Å². The molecule has 0 aromatic heterocycles. The van der Waals surface area contributed by atoms with Gasteiger partial charge in [0.05, 0.1) is 12.6 Å². The number of halogens is 1. The normalized spacial score (nSPS) is 17.6. The van der Waals surface area contributed by atoms with Crippen molar-refractivity contribution in [2.24, 2.45) is 0 Å². The first-order valence-corrected chi connectivity index (χ1v) is 8.37. The summed E-state index contributed by atoms with van der Waals surface area (Å²) in [6, 6.07) is 15.2. The molecule has 0 aliphatic carbocycles. The number of benzene rings is 2. The lowest BCUT2D eigenvalue weighted by Gasteiger charge is -2.27. The Kier molecular flexibility index (Phi) is 4.86. The van der Waals surface area contributed by atoms with E-state index in [0.717, 1.165) is 22.2 Å². The summed E-state index contributed by atoms with van der Waals surface area (Å²) in [5, 5.41) is 3.05. The molecule has 0 saturated heterocycles. The van der Waals surface area contributed by atoms with Gasteiger partial charge in [0.25, 0.3) is 5.91 Å². The molecule has 0 unspecified atom stereocenters. The van der Waals surface area contributed by atoms with Crippen molar-refractivity contribution in [2.45, 2.75) is 25.5 Å². The Bertz CT molecular complexity index is 687. The van der Waals surface area contributed by atoms with Crippen molar-refractivity contribution in [3.63, 3.8) is 0 Å². The Balaban J connectivity index is 1.64. The van der Waals surface area contributed by atoms with E-state index in [9.17, 15) is 4.79 Å². The summed E-state index contributed by atoms with van der Waals surface area (Å²) in [6.45, 7) is 2.35. The highest BCUT2D eigenvalue weighted by Gasteiger charge is 2.25. The van der Waals surface area contributed by atoms with Gasteiger partial charge in [-0.1, -0.05) is 34.1 Å². The molecule has 23 heavy (non-hydrogen) atoms. The van der Waals surface area contributed by atoms with E-state index >= 15 is 0 Å². The maximum atomic E-state index is 12.4. The summed E-state index contributed by atoms with van der Waals surface area (Å²) in [7, 11) is 0. The van der Waals surface area contributed by atoms with Gasteiger partial charge in [-0.05, 0) is 37.3 Å². The summed E-state index contributed by atoms with van der Waals surface area (Å²) in [4.78, 5) is 12.4. The molecule has 0 spiro atoms. The topological polar surface area (TPSA) is 47.6 Å².